The van der Waals surface area contributed by atoms with E-state index < -0.39 is 0 Å². The number of amides is 2. The Morgan fingerprint density at radius 1 is 0.962 bits per heavy atom. The number of nitrogens with one attached hydrogen (secondary N) is 1. The lowest BCUT2D eigenvalue weighted by atomic mass is 10.0. The maximum absolute atomic E-state index is 12.2. The fraction of sp³-hybridized carbons (Fsp3) is 0.143. The third-order valence-electron chi connectivity index (χ3n) is 4.09. The Morgan fingerprint density at radius 2 is 1.65 bits per heavy atom. The molecular formula is C21H20N2O2S. The normalized spacial score (nSPS) is 10.3. The lowest BCUT2D eigenvalue weighted by molar-refractivity contribution is -0.129. The van der Waals surface area contributed by atoms with Gasteiger partial charge in [0.05, 0.1) is 6.54 Å². The Labute approximate surface area is 157 Å². The van der Waals surface area contributed by atoms with Gasteiger partial charge in [-0.15, -0.1) is 0 Å². The van der Waals surface area contributed by atoms with Crippen molar-refractivity contribution in [2.24, 2.45) is 0 Å². The van der Waals surface area contributed by atoms with Gasteiger partial charge < -0.3 is 10.2 Å². The molecule has 132 valence electrons. The van der Waals surface area contributed by atoms with Crippen molar-refractivity contribution < 1.29 is 9.59 Å². The van der Waals surface area contributed by atoms with Gasteiger partial charge >= 0.3 is 0 Å². The Balaban J connectivity index is 1.53. The Morgan fingerprint density at radius 3 is 2.31 bits per heavy atom. The van der Waals surface area contributed by atoms with E-state index >= 15 is 0 Å². The summed E-state index contributed by atoms with van der Waals surface area (Å²) in [5, 5.41) is 6.26. The topological polar surface area (TPSA) is 49.4 Å². The van der Waals surface area contributed by atoms with E-state index in [0.29, 0.717) is 12.1 Å². The first kappa shape index (κ1) is 17.9. The molecule has 4 nitrogen and oxygen atoms in total. The number of hydrogen-bond acceptors (Lipinski definition) is 3. The second kappa shape index (κ2) is 8.45. The average Bonchev–Trinajstić information content (AvgIpc) is 3.22. The van der Waals surface area contributed by atoms with Crippen molar-refractivity contribution in [1.82, 2.24) is 10.2 Å². The van der Waals surface area contributed by atoms with Gasteiger partial charge in [0.1, 0.15) is 0 Å². The fourth-order valence-corrected chi connectivity index (χ4v) is 3.22. The summed E-state index contributed by atoms with van der Waals surface area (Å²) < 4.78 is 0. The molecule has 1 heterocycles. The van der Waals surface area contributed by atoms with Crippen LogP contribution in [0.1, 0.15) is 15.9 Å². The van der Waals surface area contributed by atoms with Crippen LogP contribution in [-0.2, 0) is 11.3 Å². The minimum atomic E-state index is -0.222. The van der Waals surface area contributed by atoms with Gasteiger partial charge in [-0.25, -0.2) is 0 Å². The molecule has 2 amide bonds. The molecule has 0 aliphatic heterocycles. The number of thiophene rings is 1. The summed E-state index contributed by atoms with van der Waals surface area (Å²) in [6.07, 6.45) is 0. The van der Waals surface area contributed by atoms with E-state index in [4.69, 9.17) is 0 Å². The van der Waals surface area contributed by atoms with Crippen LogP contribution in [0, 0.1) is 0 Å². The van der Waals surface area contributed by atoms with E-state index in [0.717, 1.165) is 11.1 Å². The van der Waals surface area contributed by atoms with Crippen LogP contribution in [-0.4, -0.2) is 30.3 Å². The second-order valence-electron chi connectivity index (χ2n) is 6.01. The highest BCUT2D eigenvalue weighted by Crippen LogP contribution is 2.19. The van der Waals surface area contributed by atoms with Crippen LogP contribution in [0.3, 0.4) is 0 Å². The molecule has 1 N–H and O–H groups in total. The Bertz CT molecular complexity index is 859. The molecule has 2 aromatic carbocycles. The summed E-state index contributed by atoms with van der Waals surface area (Å²) in [6, 6.07) is 20.1. The number of hydrogen-bond donors (Lipinski definition) is 1. The van der Waals surface area contributed by atoms with E-state index in [9.17, 15) is 9.59 Å². The quantitative estimate of drug-likeness (QED) is 0.723. The monoisotopic (exact) mass is 364 g/mol. The molecule has 0 radical (unpaired) electrons. The van der Waals surface area contributed by atoms with Crippen LogP contribution < -0.4 is 5.32 Å². The van der Waals surface area contributed by atoms with Crippen molar-refractivity contribution in [3.05, 3.63) is 82.6 Å². The van der Waals surface area contributed by atoms with Gasteiger partial charge in [0, 0.05) is 24.5 Å². The molecule has 0 saturated heterocycles. The third kappa shape index (κ3) is 4.58. The lowest BCUT2D eigenvalue weighted by Crippen LogP contribution is -2.37. The smallest absolute Gasteiger partial charge is 0.252 e. The number of carbonyl (C=O) groups is 2. The molecule has 0 spiro atoms. The highest BCUT2D eigenvalue weighted by molar-refractivity contribution is 7.08. The molecule has 0 unspecified atom stereocenters. The molecule has 3 aromatic rings. The maximum Gasteiger partial charge on any atom is 0.252 e. The second-order valence-corrected chi connectivity index (χ2v) is 6.79. The molecule has 0 atom stereocenters. The number of benzene rings is 2. The van der Waals surface area contributed by atoms with Crippen LogP contribution >= 0.6 is 11.3 Å². The van der Waals surface area contributed by atoms with Gasteiger partial charge in [-0.05, 0) is 28.1 Å². The Hall–Kier alpha value is -2.92. The summed E-state index contributed by atoms with van der Waals surface area (Å²) >= 11 is 1.45. The molecule has 0 aliphatic carbocycles. The Kier molecular flexibility index (Phi) is 5.81. The zero-order valence-electron chi connectivity index (χ0n) is 14.5. The van der Waals surface area contributed by atoms with E-state index in [-0.39, 0.29) is 18.4 Å². The van der Waals surface area contributed by atoms with E-state index in [1.54, 1.807) is 23.4 Å². The van der Waals surface area contributed by atoms with Gasteiger partial charge in [-0.2, -0.15) is 11.3 Å². The summed E-state index contributed by atoms with van der Waals surface area (Å²) in [5.41, 5.74) is 3.94. The van der Waals surface area contributed by atoms with E-state index in [2.05, 4.69) is 29.6 Å². The molecule has 0 fully saturated rings. The largest absolute Gasteiger partial charge is 0.343 e. The minimum Gasteiger partial charge on any atom is -0.343 e. The summed E-state index contributed by atoms with van der Waals surface area (Å²) in [7, 11) is 1.74. The standard InChI is InChI=1S/C21H20N2O2S/c1-23(20(24)13-22-21(25)19-11-12-26-15-19)14-16-7-9-18(10-8-16)17-5-3-2-4-6-17/h2-12,15H,13-14H2,1H3,(H,22,25). The summed E-state index contributed by atoms with van der Waals surface area (Å²) in [6.45, 7) is 0.496. The van der Waals surface area contributed by atoms with Gasteiger partial charge in [-0.3, -0.25) is 9.59 Å². The van der Waals surface area contributed by atoms with Gasteiger partial charge in [-0.1, -0.05) is 54.6 Å². The number of nitrogens with zero attached hydrogens (tertiary/aromatic N) is 1. The molecule has 3 rings (SSSR count). The zero-order valence-corrected chi connectivity index (χ0v) is 15.3. The predicted molar refractivity (Wildman–Crippen MR) is 105 cm³/mol. The summed E-state index contributed by atoms with van der Waals surface area (Å²) in [4.78, 5) is 25.7. The van der Waals surface area contributed by atoms with E-state index in [1.165, 1.54) is 16.9 Å². The van der Waals surface area contributed by atoms with Crippen molar-refractivity contribution in [2.75, 3.05) is 13.6 Å². The van der Waals surface area contributed by atoms with Gasteiger partial charge in [0.2, 0.25) is 5.91 Å². The van der Waals surface area contributed by atoms with Crippen LogP contribution in [0.4, 0.5) is 0 Å². The zero-order chi connectivity index (χ0) is 18.4. The minimum absolute atomic E-state index is 0.00667. The molecule has 0 bridgehead atoms. The van der Waals surface area contributed by atoms with Crippen LogP contribution in [0.2, 0.25) is 0 Å². The van der Waals surface area contributed by atoms with Crippen molar-refractivity contribution in [2.45, 2.75) is 6.54 Å². The van der Waals surface area contributed by atoms with Crippen molar-refractivity contribution >= 4 is 23.2 Å². The number of carbonyl (C=O) groups excluding carboxylic acids is 2. The summed E-state index contributed by atoms with van der Waals surface area (Å²) in [5.74, 6) is -0.346. The number of rotatable bonds is 6. The van der Waals surface area contributed by atoms with Crippen molar-refractivity contribution in [3.63, 3.8) is 0 Å². The van der Waals surface area contributed by atoms with Crippen LogP contribution in [0.25, 0.3) is 11.1 Å². The fourth-order valence-electron chi connectivity index (χ4n) is 2.58. The highest BCUT2D eigenvalue weighted by Gasteiger charge is 2.12. The highest BCUT2D eigenvalue weighted by atomic mass is 32.1. The molecule has 5 heteroatoms. The van der Waals surface area contributed by atoms with Crippen molar-refractivity contribution in [3.8, 4) is 11.1 Å². The number of likely N-dealkylation sites (N-methyl/N-ethyl adjacent to an activating group) is 1. The molecular weight excluding hydrogens is 344 g/mol. The lowest BCUT2D eigenvalue weighted by Gasteiger charge is -2.18. The first-order valence-electron chi connectivity index (χ1n) is 8.32. The molecule has 0 aliphatic rings. The predicted octanol–water partition coefficient (Wildman–Crippen LogP) is 3.80. The van der Waals surface area contributed by atoms with Gasteiger partial charge in [0.15, 0.2) is 0 Å². The maximum atomic E-state index is 12.2. The van der Waals surface area contributed by atoms with Gasteiger partial charge in [0.25, 0.3) is 5.91 Å². The molecule has 1 aromatic heterocycles. The first-order chi connectivity index (χ1) is 12.6. The SMILES string of the molecule is CN(Cc1ccc(-c2ccccc2)cc1)C(=O)CNC(=O)c1ccsc1. The third-order valence-corrected chi connectivity index (χ3v) is 4.77. The van der Waals surface area contributed by atoms with E-state index in [1.807, 2.05) is 35.7 Å². The van der Waals surface area contributed by atoms with Crippen LogP contribution in [0.15, 0.2) is 71.4 Å². The molecule has 0 saturated carbocycles. The average molecular weight is 364 g/mol. The van der Waals surface area contributed by atoms with Crippen LogP contribution in [0.5, 0.6) is 0 Å². The first-order valence-corrected chi connectivity index (χ1v) is 9.26. The van der Waals surface area contributed by atoms with Crippen molar-refractivity contribution in [1.29, 1.82) is 0 Å². The molecule has 26 heavy (non-hydrogen) atoms.